The highest BCUT2D eigenvalue weighted by Crippen LogP contribution is 2.11. The van der Waals surface area contributed by atoms with Gasteiger partial charge in [0.25, 0.3) is 0 Å². The molecule has 0 bridgehead atoms. The Bertz CT molecular complexity index is 571. The van der Waals surface area contributed by atoms with Gasteiger partial charge in [-0.05, 0) is 17.7 Å². The topological polar surface area (TPSA) is 95.9 Å². The van der Waals surface area contributed by atoms with Crippen LogP contribution in [-0.4, -0.2) is 35.4 Å². The van der Waals surface area contributed by atoms with Gasteiger partial charge >= 0.3 is 12.1 Å². The molecule has 0 aliphatic heterocycles. The van der Waals surface area contributed by atoms with E-state index in [-0.39, 0.29) is 12.2 Å². The smallest absolute Gasteiger partial charge is 0.407 e. The van der Waals surface area contributed by atoms with Gasteiger partial charge in [-0.2, -0.15) is 0 Å². The summed E-state index contributed by atoms with van der Waals surface area (Å²) in [5.41, 5.74) is 0.687. The first-order chi connectivity index (χ1) is 11.0. The molecule has 0 aliphatic rings. The summed E-state index contributed by atoms with van der Waals surface area (Å²) in [4.78, 5) is 21.8. The molecule has 2 rings (SSSR count). The Morgan fingerprint density at radius 2 is 1.52 bits per heavy atom. The molecule has 0 spiro atoms. The lowest BCUT2D eigenvalue weighted by atomic mass is 10.1. The second-order valence-corrected chi connectivity index (χ2v) is 4.55. The molecule has 6 nitrogen and oxygen atoms in total. The van der Waals surface area contributed by atoms with Crippen molar-refractivity contribution in [3.8, 4) is 5.75 Å². The minimum Gasteiger partial charge on any atom is -0.508 e. The Kier molecular flexibility index (Phi) is 7.71. The Labute approximate surface area is 134 Å². The summed E-state index contributed by atoms with van der Waals surface area (Å²) in [5.74, 6) is -1.05. The van der Waals surface area contributed by atoms with E-state index in [0.29, 0.717) is 5.56 Å². The van der Waals surface area contributed by atoms with Crippen LogP contribution in [0.3, 0.4) is 0 Å². The highest BCUT2D eigenvalue weighted by molar-refractivity contribution is 5.80. The van der Waals surface area contributed by atoms with Crippen LogP contribution in [0.15, 0.2) is 60.7 Å². The third-order valence-electron chi connectivity index (χ3n) is 2.82. The molecule has 2 aromatic carbocycles. The third-order valence-corrected chi connectivity index (χ3v) is 2.82. The summed E-state index contributed by atoms with van der Waals surface area (Å²) >= 11 is 0. The number of carboxylic acid groups (broad SMARTS) is 1. The number of hydrogen-bond donors (Lipinski definition) is 3. The Morgan fingerprint density at radius 3 is 1.91 bits per heavy atom. The van der Waals surface area contributed by atoms with E-state index >= 15 is 0 Å². The monoisotopic (exact) mass is 317 g/mol. The molecule has 0 radical (unpaired) electrons. The summed E-state index contributed by atoms with van der Waals surface area (Å²) in [5, 5.41) is 20.2. The zero-order valence-corrected chi connectivity index (χ0v) is 12.7. The van der Waals surface area contributed by atoms with Crippen molar-refractivity contribution in [3.63, 3.8) is 0 Å². The van der Waals surface area contributed by atoms with E-state index in [2.05, 4.69) is 10.1 Å². The fraction of sp³-hybridized carbons (Fsp3) is 0.176. The number of phenolic OH excluding ortho intramolecular Hbond substituents is 1. The van der Waals surface area contributed by atoms with Crippen molar-refractivity contribution in [2.75, 3.05) is 7.11 Å². The molecule has 2 aromatic rings. The summed E-state index contributed by atoms with van der Waals surface area (Å²) < 4.78 is 4.33. The Hall–Kier alpha value is -3.02. The number of amides is 1. The van der Waals surface area contributed by atoms with E-state index in [1.54, 1.807) is 12.1 Å². The predicted octanol–water partition coefficient (Wildman–Crippen LogP) is 2.43. The number of aliphatic carboxylic acids is 1. The molecule has 0 heterocycles. The van der Waals surface area contributed by atoms with Crippen molar-refractivity contribution in [2.24, 2.45) is 0 Å². The van der Waals surface area contributed by atoms with Gasteiger partial charge in [0, 0.05) is 6.42 Å². The first kappa shape index (κ1) is 18.0. The first-order valence-corrected chi connectivity index (χ1v) is 6.88. The van der Waals surface area contributed by atoms with Crippen molar-refractivity contribution >= 4 is 12.1 Å². The van der Waals surface area contributed by atoms with Crippen LogP contribution < -0.4 is 5.32 Å². The van der Waals surface area contributed by atoms with Crippen LogP contribution in [0, 0.1) is 0 Å². The van der Waals surface area contributed by atoms with Gasteiger partial charge in [-0.15, -0.1) is 0 Å². The molecule has 23 heavy (non-hydrogen) atoms. The van der Waals surface area contributed by atoms with Crippen molar-refractivity contribution in [1.82, 2.24) is 5.32 Å². The molecule has 0 saturated carbocycles. The van der Waals surface area contributed by atoms with Gasteiger partial charge in [-0.25, -0.2) is 9.59 Å². The summed E-state index contributed by atoms with van der Waals surface area (Å²) in [6.07, 6.45) is -0.679. The molecule has 0 aromatic heterocycles. The average Bonchev–Trinajstić information content (AvgIpc) is 2.58. The van der Waals surface area contributed by atoms with Gasteiger partial charge < -0.3 is 20.3 Å². The highest BCUT2D eigenvalue weighted by Gasteiger charge is 2.20. The van der Waals surface area contributed by atoms with E-state index in [1.807, 2.05) is 36.4 Å². The molecule has 3 N–H and O–H groups in total. The van der Waals surface area contributed by atoms with Crippen LogP contribution in [0.1, 0.15) is 5.56 Å². The number of benzene rings is 2. The molecular formula is C17H19NO5. The van der Waals surface area contributed by atoms with Crippen molar-refractivity contribution in [2.45, 2.75) is 12.5 Å². The Balaban J connectivity index is 0.000000366. The van der Waals surface area contributed by atoms with Crippen LogP contribution in [0.4, 0.5) is 4.79 Å². The molecule has 1 amide bonds. The zero-order valence-electron chi connectivity index (χ0n) is 12.7. The maximum Gasteiger partial charge on any atom is 0.407 e. The maximum atomic E-state index is 10.9. The second kappa shape index (κ2) is 9.83. The molecule has 1 unspecified atom stereocenters. The van der Waals surface area contributed by atoms with Crippen LogP contribution in [-0.2, 0) is 16.0 Å². The summed E-state index contributed by atoms with van der Waals surface area (Å²) in [6, 6.07) is 17.0. The van der Waals surface area contributed by atoms with Crippen LogP contribution in [0.25, 0.3) is 0 Å². The number of rotatable bonds is 4. The fourth-order valence-electron chi connectivity index (χ4n) is 1.65. The first-order valence-electron chi connectivity index (χ1n) is 6.88. The largest absolute Gasteiger partial charge is 0.508 e. The van der Waals surface area contributed by atoms with E-state index < -0.39 is 18.1 Å². The van der Waals surface area contributed by atoms with Gasteiger partial charge in [-0.1, -0.05) is 48.5 Å². The second-order valence-electron chi connectivity index (χ2n) is 4.55. The number of carbonyl (C=O) groups excluding carboxylic acids is 1. The van der Waals surface area contributed by atoms with E-state index in [4.69, 9.17) is 10.2 Å². The quantitative estimate of drug-likeness (QED) is 0.805. The number of hydrogen-bond acceptors (Lipinski definition) is 4. The van der Waals surface area contributed by atoms with Gasteiger partial charge in [-0.3, -0.25) is 0 Å². The average molecular weight is 317 g/mol. The highest BCUT2D eigenvalue weighted by atomic mass is 16.5. The van der Waals surface area contributed by atoms with Crippen LogP contribution in [0.2, 0.25) is 0 Å². The van der Waals surface area contributed by atoms with E-state index in [1.165, 1.54) is 12.1 Å². The SMILES string of the molecule is COC(=O)NC(Cc1ccc(O)cc1)C(=O)O.c1ccccc1. The number of phenols is 1. The number of nitrogens with one attached hydrogen (secondary N) is 1. The third kappa shape index (κ3) is 7.52. The predicted molar refractivity (Wildman–Crippen MR) is 85.2 cm³/mol. The van der Waals surface area contributed by atoms with Gasteiger partial charge in [0.2, 0.25) is 0 Å². The van der Waals surface area contributed by atoms with Gasteiger partial charge in [0.15, 0.2) is 0 Å². The fourth-order valence-corrected chi connectivity index (χ4v) is 1.65. The van der Waals surface area contributed by atoms with Crippen molar-refractivity contribution in [3.05, 3.63) is 66.2 Å². The van der Waals surface area contributed by atoms with Crippen molar-refractivity contribution < 1.29 is 24.5 Å². The van der Waals surface area contributed by atoms with Gasteiger partial charge in [0.1, 0.15) is 11.8 Å². The molecular weight excluding hydrogens is 298 g/mol. The summed E-state index contributed by atoms with van der Waals surface area (Å²) in [6.45, 7) is 0. The minimum atomic E-state index is -1.15. The zero-order chi connectivity index (χ0) is 17.1. The van der Waals surface area contributed by atoms with Gasteiger partial charge in [0.05, 0.1) is 7.11 Å². The molecule has 0 fully saturated rings. The Morgan fingerprint density at radius 1 is 1.04 bits per heavy atom. The number of aromatic hydroxyl groups is 1. The van der Waals surface area contributed by atoms with Crippen LogP contribution >= 0.6 is 0 Å². The summed E-state index contributed by atoms with van der Waals surface area (Å²) in [7, 11) is 1.16. The standard InChI is InChI=1S/C11H13NO5.C6H6/c1-17-11(16)12-9(10(14)15)6-7-2-4-8(13)5-3-7;1-2-4-6-5-3-1/h2-5,9,13H,6H2,1H3,(H,12,16)(H,14,15);1-6H. The number of alkyl carbamates (subject to hydrolysis) is 1. The number of ether oxygens (including phenoxy) is 1. The molecule has 122 valence electrons. The molecule has 1 atom stereocenters. The van der Waals surface area contributed by atoms with Crippen LogP contribution in [0.5, 0.6) is 5.75 Å². The maximum absolute atomic E-state index is 10.9. The number of carbonyl (C=O) groups is 2. The molecule has 0 saturated heterocycles. The minimum absolute atomic E-state index is 0.0987. The lowest BCUT2D eigenvalue weighted by Crippen LogP contribution is -2.42. The van der Waals surface area contributed by atoms with Crippen molar-refractivity contribution in [1.29, 1.82) is 0 Å². The molecule has 6 heteroatoms. The van der Waals surface area contributed by atoms with E-state index in [9.17, 15) is 9.59 Å². The normalized spacial score (nSPS) is 10.7. The lowest BCUT2D eigenvalue weighted by Gasteiger charge is -2.13. The number of carboxylic acids is 1. The number of methoxy groups -OCH3 is 1. The molecule has 0 aliphatic carbocycles. The van der Waals surface area contributed by atoms with E-state index in [0.717, 1.165) is 7.11 Å². The lowest BCUT2D eigenvalue weighted by molar-refractivity contribution is -0.139.